The summed E-state index contributed by atoms with van der Waals surface area (Å²) in [6, 6.07) is 11.4. The monoisotopic (exact) mass is 338 g/mol. The summed E-state index contributed by atoms with van der Waals surface area (Å²) in [5, 5.41) is 1.28. The van der Waals surface area contributed by atoms with Crippen molar-refractivity contribution in [1.29, 1.82) is 0 Å². The Kier molecular flexibility index (Phi) is 5.33. The van der Waals surface area contributed by atoms with Crippen LogP contribution in [-0.4, -0.2) is 36.7 Å². The van der Waals surface area contributed by atoms with E-state index in [0.717, 1.165) is 18.7 Å². The molecule has 0 bridgehead atoms. The van der Waals surface area contributed by atoms with E-state index >= 15 is 0 Å². The van der Waals surface area contributed by atoms with Crippen LogP contribution in [0.15, 0.2) is 30.3 Å². The van der Waals surface area contributed by atoms with E-state index in [1.54, 1.807) is 0 Å². The lowest BCUT2D eigenvalue weighted by molar-refractivity contribution is 0.125. The number of methoxy groups -OCH3 is 1. The van der Waals surface area contributed by atoms with Crippen molar-refractivity contribution in [2.24, 2.45) is 5.92 Å². The molecule has 2 aromatic rings. The Labute approximate surface area is 151 Å². The largest absolute Gasteiger partial charge is 0.384 e. The summed E-state index contributed by atoms with van der Waals surface area (Å²) >= 11 is 0. The molecule has 3 nitrogen and oxygen atoms in total. The van der Waals surface area contributed by atoms with Crippen LogP contribution in [0, 0.1) is 5.92 Å². The summed E-state index contributed by atoms with van der Waals surface area (Å²) in [6.45, 7) is 4.47. The number of aromatic nitrogens is 1. The topological polar surface area (TPSA) is 25.4 Å². The molecule has 0 radical (unpaired) electrons. The fraction of sp³-hybridized carbons (Fsp3) is 0.591. The Morgan fingerprint density at radius 3 is 2.80 bits per heavy atom. The molecule has 1 aliphatic carbocycles. The van der Waals surface area contributed by atoms with Gasteiger partial charge in [0.25, 0.3) is 0 Å². The predicted molar refractivity (Wildman–Crippen MR) is 103 cm³/mol. The minimum absolute atomic E-state index is 0.600. The first-order valence-corrected chi connectivity index (χ1v) is 9.93. The molecule has 3 heteroatoms. The third-order valence-corrected chi connectivity index (χ3v) is 5.98. The fourth-order valence-corrected chi connectivity index (χ4v) is 4.66. The van der Waals surface area contributed by atoms with E-state index in [1.165, 1.54) is 68.3 Å². The number of hydrogen-bond acceptors (Lipinski definition) is 3. The Bertz CT molecular complexity index is 706. The number of ether oxygens (including phenoxy) is 1. The maximum absolute atomic E-state index is 5.38. The molecule has 2 aliphatic rings. The standard InChI is InChI=1S/C22H30N2O/c1-25-16-18-5-4-6-19(14-18)22-10-8-20-13-17(7-9-21(20)23-22)15-24-11-2-3-12-24/h7-10,13,18-19H,2-6,11-12,14-16H2,1H3. The first-order valence-electron chi connectivity index (χ1n) is 9.93. The molecular weight excluding hydrogens is 308 g/mol. The number of pyridine rings is 1. The Hall–Kier alpha value is -1.45. The highest BCUT2D eigenvalue weighted by molar-refractivity contribution is 5.79. The molecular formula is C22H30N2O. The normalized spacial score (nSPS) is 24.8. The van der Waals surface area contributed by atoms with Crippen LogP contribution in [0.3, 0.4) is 0 Å². The molecule has 2 unspecified atom stereocenters. The van der Waals surface area contributed by atoms with Crippen molar-refractivity contribution in [3.05, 3.63) is 41.6 Å². The van der Waals surface area contributed by atoms with Gasteiger partial charge in [0, 0.05) is 37.3 Å². The molecule has 0 spiro atoms. The van der Waals surface area contributed by atoms with Gasteiger partial charge in [-0.3, -0.25) is 9.88 Å². The molecule has 1 aromatic heterocycles. The number of rotatable bonds is 5. The minimum atomic E-state index is 0.600. The van der Waals surface area contributed by atoms with Crippen molar-refractivity contribution < 1.29 is 4.74 Å². The van der Waals surface area contributed by atoms with Gasteiger partial charge in [0.05, 0.1) is 5.52 Å². The molecule has 2 fully saturated rings. The smallest absolute Gasteiger partial charge is 0.0705 e. The van der Waals surface area contributed by atoms with E-state index < -0.39 is 0 Å². The van der Waals surface area contributed by atoms with Crippen LogP contribution in [-0.2, 0) is 11.3 Å². The second-order valence-electron chi connectivity index (χ2n) is 7.93. The molecule has 1 saturated heterocycles. The second kappa shape index (κ2) is 7.84. The maximum atomic E-state index is 5.38. The van der Waals surface area contributed by atoms with Crippen LogP contribution in [0.25, 0.3) is 10.9 Å². The van der Waals surface area contributed by atoms with Gasteiger partial charge in [-0.05, 0) is 74.9 Å². The highest BCUT2D eigenvalue weighted by atomic mass is 16.5. The maximum Gasteiger partial charge on any atom is 0.0705 e. The fourth-order valence-electron chi connectivity index (χ4n) is 4.66. The highest BCUT2D eigenvalue weighted by Gasteiger charge is 2.24. The average Bonchev–Trinajstić information content (AvgIpc) is 3.15. The summed E-state index contributed by atoms with van der Waals surface area (Å²) in [7, 11) is 1.82. The molecule has 0 N–H and O–H groups in total. The lowest BCUT2D eigenvalue weighted by atomic mass is 9.80. The van der Waals surface area contributed by atoms with E-state index in [2.05, 4.69) is 35.2 Å². The molecule has 1 aliphatic heterocycles. The number of benzene rings is 1. The van der Waals surface area contributed by atoms with E-state index in [0.29, 0.717) is 11.8 Å². The summed E-state index contributed by atoms with van der Waals surface area (Å²) in [4.78, 5) is 7.57. The van der Waals surface area contributed by atoms with Gasteiger partial charge >= 0.3 is 0 Å². The van der Waals surface area contributed by atoms with E-state index in [1.807, 2.05) is 7.11 Å². The molecule has 0 amide bonds. The zero-order valence-electron chi connectivity index (χ0n) is 15.4. The van der Waals surface area contributed by atoms with Gasteiger partial charge in [0.1, 0.15) is 0 Å². The first-order chi connectivity index (χ1) is 12.3. The number of nitrogens with zero attached hydrogens (tertiary/aromatic N) is 2. The van der Waals surface area contributed by atoms with Crippen molar-refractivity contribution in [3.63, 3.8) is 0 Å². The summed E-state index contributed by atoms with van der Waals surface area (Å²) in [5.74, 6) is 1.30. The van der Waals surface area contributed by atoms with Crippen LogP contribution >= 0.6 is 0 Å². The Morgan fingerprint density at radius 2 is 1.96 bits per heavy atom. The third-order valence-electron chi connectivity index (χ3n) is 5.98. The van der Waals surface area contributed by atoms with E-state index in [9.17, 15) is 0 Å². The number of hydrogen-bond donors (Lipinski definition) is 0. The zero-order valence-corrected chi connectivity index (χ0v) is 15.4. The molecule has 25 heavy (non-hydrogen) atoms. The van der Waals surface area contributed by atoms with Crippen LogP contribution < -0.4 is 0 Å². The highest BCUT2D eigenvalue weighted by Crippen LogP contribution is 2.36. The second-order valence-corrected chi connectivity index (χ2v) is 7.93. The van der Waals surface area contributed by atoms with Gasteiger partial charge in [-0.15, -0.1) is 0 Å². The molecule has 134 valence electrons. The molecule has 2 heterocycles. The zero-order chi connectivity index (χ0) is 17.1. The van der Waals surface area contributed by atoms with Crippen molar-refractivity contribution in [3.8, 4) is 0 Å². The Balaban J connectivity index is 1.50. The minimum Gasteiger partial charge on any atom is -0.384 e. The number of fused-ring (bicyclic) bond motifs is 1. The van der Waals surface area contributed by atoms with Crippen LogP contribution in [0.1, 0.15) is 55.7 Å². The molecule has 2 atom stereocenters. The third kappa shape index (κ3) is 4.04. The molecule has 1 aromatic carbocycles. The van der Waals surface area contributed by atoms with Crippen molar-refractivity contribution in [2.45, 2.75) is 51.0 Å². The first kappa shape index (κ1) is 17.0. The van der Waals surface area contributed by atoms with Crippen molar-refractivity contribution >= 4 is 10.9 Å². The van der Waals surface area contributed by atoms with Gasteiger partial charge in [0.15, 0.2) is 0 Å². The predicted octanol–water partition coefficient (Wildman–Crippen LogP) is 4.75. The van der Waals surface area contributed by atoms with Crippen LogP contribution in [0.2, 0.25) is 0 Å². The quantitative estimate of drug-likeness (QED) is 0.786. The van der Waals surface area contributed by atoms with Crippen molar-refractivity contribution in [2.75, 3.05) is 26.8 Å². The van der Waals surface area contributed by atoms with Gasteiger partial charge in [-0.2, -0.15) is 0 Å². The van der Waals surface area contributed by atoms with Gasteiger partial charge in [-0.25, -0.2) is 0 Å². The summed E-state index contributed by atoms with van der Waals surface area (Å²) in [5.41, 5.74) is 3.85. The van der Waals surface area contributed by atoms with E-state index in [-0.39, 0.29) is 0 Å². The van der Waals surface area contributed by atoms with Gasteiger partial charge in [-0.1, -0.05) is 18.6 Å². The lowest BCUT2D eigenvalue weighted by Gasteiger charge is -2.28. The summed E-state index contributed by atoms with van der Waals surface area (Å²) in [6.07, 6.45) is 7.80. The number of likely N-dealkylation sites (tertiary alicyclic amines) is 1. The van der Waals surface area contributed by atoms with Gasteiger partial charge in [0.2, 0.25) is 0 Å². The van der Waals surface area contributed by atoms with Crippen molar-refractivity contribution in [1.82, 2.24) is 9.88 Å². The Morgan fingerprint density at radius 1 is 1.08 bits per heavy atom. The van der Waals surface area contributed by atoms with Crippen LogP contribution in [0.4, 0.5) is 0 Å². The lowest BCUT2D eigenvalue weighted by Crippen LogP contribution is -2.19. The van der Waals surface area contributed by atoms with Gasteiger partial charge < -0.3 is 4.74 Å². The SMILES string of the molecule is COCC1CCCC(c2ccc3cc(CN4CCCC4)ccc3n2)C1. The molecule has 4 rings (SSSR count). The average molecular weight is 338 g/mol. The van der Waals surface area contributed by atoms with Crippen LogP contribution in [0.5, 0.6) is 0 Å². The van der Waals surface area contributed by atoms with E-state index in [4.69, 9.17) is 9.72 Å². The summed E-state index contributed by atoms with van der Waals surface area (Å²) < 4.78 is 5.38. The molecule has 1 saturated carbocycles.